The summed E-state index contributed by atoms with van der Waals surface area (Å²) in [4.78, 5) is 2.12. The summed E-state index contributed by atoms with van der Waals surface area (Å²) in [7, 11) is 0. The zero-order valence-corrected chi connectivity index (χ0v) is 9.93. The maximum absolute atomic E-state index is 13.5. The molecule has 1 aliphatic heterocycles. The molecule has 1 saturated heterocycles. The maximum atomic E-state index is 13.5. The van der Waals surface area contributed by atoms with Gasteiger partial charge in [-0.05, 0) is 19.1 Å². The second kappa shape index (κ2) is 4.75. The van der Waals surface area contributed by atoms with Crippen molar-refractivity contribution in [2.45, 2.75) is 13.0 Å². The van der Waals surface area contributed by atoms with Gasteiger partial charge in [-0.2, -0.15) is 17.0 Å². The van der Waals surface area contributed by atoms with Gasteiger partial charge in [-0.3, -0.25) is 0 Å². The van der Waals surface area contributed by atoms with Crippen LogP contribution in [0, 0.1) is 17.1 Å². The van der Waals surface area contributed by atoms with Crippen LogP contribution in [0.3, 0.4) is 0 Å². The maximum Gasteiger partial charge on any atom is 0.143 e. The van der Waals surface area contributed by atoms with E-state index in [9.17, 15) is 4.39 Å². The number of benzene rings is 1. The summed E-state index contributed by atoms with van der Waals surface area (Å²) in [5.41, 5.74) is 0.900. The average Bonchev–Trinajstić information content (AvgIpc) is 2.29. The van der Waals surface area contributed by atoms with Crippen molar-refractivity contribution in [3.63, 3.8) is 0 Å². The molecule has 84 valence electrons. The lowest BCUT2D eigenvalue weighted by Crippen LogP contribution is -2.40. The molecule has 1 heterocycles. The van der Waals surface area contributed by atoms with Crippen LogP contribution >= 0.6 is 11.8 Å². The SMILES string of the molecule is CC1CSCCN1c1cccc(F)c1C#N. The largest absolute Gasteiger partial charge is 0.366 e. The van der Waals surface area contributed by atoms with Gasteiger partial charge in [0.15, 0.2) is 0 Å². The zero-order valence-electron chi connectivity index (χ0n) is 9.11. The molecule has 1 aromatic carbocycles. The number of rotatable bonds is 1. The van der Waals surface area contributed by atoms with Crippen LogP contribution in [0.4, 0.5) is 10.1 Å². The molecule has 0 N–H and O–H groups in total. The van der Waals surface area contributed by atoms with Gasteiger partial charge in [-0.1, -0.05) is 6.07 Å². The molecule has 0 saturated carbocycles. The Morgan fingerprint density at radius 3 is 3.06 bits per heavy atom. The van der Waals surface area contributed by atoms with Gasteiger partial charge in [-0.25, -0.2) is 4.39 Å². The van der Waals surface area contributed by atoms with Crippen LogP contribution in [0.25, 0.3) is 0 Å². The first kappa shape index (κ1) is 11.3. The highest BCUT2D eigenvalue weighted by molar-refractivity contribution is 7.99. The first-order chi connectivity index (χ1) is 7.74. The van der Waals surface area contributed by atoms with Crippen molar-refractivity contribution >= 4 is 17.4 Å². The Morgan fingerprint density at radius 2 is 2.38 bits per heavy atom. The van der Waals surface area contributed by atoms with Gasteiger partial charge in [0, 0.05) is 24.1 Å². The van der Waals surface area contributed by atoms with Crippen molar-refractivity contribution in [1.29, 1.82) is 5.26 Å². The lowest BCUT2D eigenvalue weighted by molar-refractivity contribution is 0.619. The number of hydrogen-bond acceptors (Lipinski definition) is 3. The van der Waals surface area contributed by atoms with E-state index >= 15 is 0 Å². The fourth-order valence-electron chi connectivity index (χ4n) is 1.95. The van der Waals surface area contributed by atoms with Crippen molar-refractivity contribution in [3.05, 3.63) is 29.6 Å². The Kier molecular flexibility index (Phi) is 3.35. The van der Waals surface area contributed by atoms with Crippen LogP contribution < -0.4 is 4.90 Å². The van der Waals surface area contributed by atoms with E-state index in [1.807, 2.05) is 23.9 Å². The molecule has 2 nitrogen and oxygen atoms in total. The summed E-state index contributed by atoms with van der Waals surface area (Å²) >= 11 is 1.90. The van der Waals surface area contributed by atoms with Gasteiger partial charge in [-0.15, -0.1) is 0 Å². The van der Waals surface area contributed by atoms with Gasteiger partial charge in [0.25, 0.3) is 0 Å². The molecule has 0 aliphatic carbocycles. The summed E-state index contributed by atoms with van der Waals surface area (Å²) in [6.45, 7) is 2.99. The van der Waals surface area contributed by atoms with E-state index in [2.05, 4.69) is 11.8 Å². The highest BCUT2D eigenvalue weighted by atomic mass is 32.2. The van der Waals surface area contributed by atoms with Crippen molar-refractivity contribution in [1.82, 2.24) is 0 Å². The first-order valence-corrected chi connectivity index (χ1v) is 6.42. The Balaban J connectivity index is 2.39. The molecule has 0 spiro atoms. The summed E-state index contributed by atoms with van der Waals surface area (Å²) in [6.07, 6.45) is 0. The van der Waals surface area contributed by atoms with Crippen LogP contribution in [0.15, 0.2) is 18.2 Å². The minimum absolute atomic E-state index is 0.168. The van der Waals surface area contributed by atoms with Crippen molar-refractivity contribution in [2.75, 3.05) is 23.0 Å². The number of nitrogens with zero attached hydrogens (tertiary/aromatic N) is 2. The van der Waals surface area contributed by atoms with E-state index in [-0.39, 0.29) is 5.56 Å². The molecule has 2 rings (SSSR count). The average molecular weight is 236 g/mol. The molecule has 1 fully saturated rings. The highest BCUT2D eigenvalue weighted by Gasteiger charge is 2.22. The van der Waals surface area contributed by atoms with Crippen LogP contribution in [0.2, 0.25) is 0 Å². The molecule has 0 radical (unpaired) electrons. The molecular formula is C12H13FN2S. The van der Waals surface area contributed by atoms with E-state index in [1.54, 1.807) is 6.07 Å². The Morgan fingerprint density at radius 1 is 1.56 bits per heavy atom. The van der Waals surface area contributed by atoms with E-state index in [4.69, 9.17) is 5.26 Å². The van der Waals surface area contributed by atoms with E-state index in [0.717, 1.165) is 23.7 Å². The number of thioether (sulfide) groups is 1. The summed E-state index contributed by atoms with van der Waals surface area (Å²) < 4.78 is 13.5. The Bertz CT molecular complexity index is 428. The third-order valence-corrected chi connectivity index (χ3v) is 3.97. The summed E-state index contributed by atoms with van der Waals surface area (Å²) in [5.74, 6) is 1.64. The number of hydrogen-bond donors (Lipinski definition) is 0. The number of anilines is 1. The van der Waals surface area contributed by atoms with Crippen LogP contribution in [-0.2, 0) is 0 Å². The van der Waals surface area contributed by atoms with Crippen LogP contribution in [0.1, 0.15) is 12.5 Å². The monoisotopic (exact) mass is 236 g/mol. The molecule has 0 amide bonds. The van der Waals surface area contributed by atoms with Crippen molar-refractivity contribution < 1.29 is 4.39 Å². The minimum atomic E-state index is -0.426. The summed E-state index contributed by atoms with van der Waals surface area (Å²) in [6, 6.07) is 7.15. The third kappa shape index (κ3) is 2.00. The Hall–Kier alpha value is -1.21. The first-order valence-electron chi connectivity index (χ1n) is 5.27. The topological polar surface area (TPSA) is 27.0 Å². The second-order valence-corrected chi connectivity index (χ2v) is 5.01. The highest BCUT2D eigenvalue weighted by Crippen LogP contribution is 2.28. The lowest BCUT2D eigenvalue weighted by atomic mass is 10.1. The third-order valence-electron chi connectivity index (χ3n) is 2.78. The zero-order chi connectivity index (χ0) is 11.5. The van der Waals surface area contributed by atoms with Gasteiger partial charge in [0.1, 0.15) is 17.4 Å². The molecule has 1 unspecified atom stereocenters. The smallest absolute Gasteiger partial charge is 0.143 e. The van der Waals surface area contributed by atoms with Crippen LogP contribution in [-0.4, -0.2) is 24.1 Å². The second-order valence-electron chi connectivity index (χ2n) is 3.86. The normalized spacial score (nSPS) is 20.6. The molecular weight excluding hydrogens is 223 g/mol. The van der Waals surface area contributed by atoms with Gasteiger partial charge >= 0.3 is 0 Å². The molecule has 16 heavy (non-hydrogen) atoms. The van der Waals surface area contributed by atoms with Gasteiger partial charge in [0.2, 0.25) is 0 Å². The van der Waals surface area contributed by atoms with Gasteiger partial charge < -0.3 is 4.90 Å². The fraction of sp³-hybridized carbons (Fsp3) is 0.417. The van der Waals surface area contributed by atoms with Gasteiger partial charge in [0.05, 0.1) is 5.69 Å². The van der Waals surface area contributed by atoms with E-state index in [1.165, 1.54) is 6.07 Å². The predicted molar refractivity (Wildman–Crippen MR) is 65.2 cm³/mol. The lowest BCUT2D eigenvalue weighted by Gasteiger charge is -2.35. The molecule has 4 heteroatoms. The predicted octanol–water partition coefficient (Wildman–Crippen LogP) is 2.64. The summed E-state index contributed by atoms with van der Waals surface area (Å²) in [5, 5.41) is 8.99. The molecule has 1 aromatic rings. The minimum Gasteiger partial charge on any atom is -0.366 e. The molecule has 0 bridgehead atoms. The van der Waals surface area contributed by atoms with E-state index in [0.29, 0.717) is 6.04 Å². The molecule has 1 aliphatic rings. The van der Waals surface area contributed by atoms with Crippen molar-refractivity contribution in [2.24, 2.45) is 0 Å². The molecule has 1 atom stereocenters. The van der Waals surface area contributed by atoms with Crippen molar-refractivity contribution in [3.8, 4) is 6.07 Å². The standard InChI is InChI=1S/C12H13FN2S/c1-9-8-16-6-5-15(9)12-4-2-3-11(13)10(12)7-14/h2-4,9H,5-6,8H2,1H3. The quantitative estimate of drug-likeness (QED) is 0.750. The number of halogens is 1. The fourth-order valence-corrected chi connectivity index (χ4v) is 2.96. The van der Waals surface area contributed by atoms with E-state index < -0.39 is 5.82 Å². The molecule has 0 aromatic heterocycles. The number of nitriles is 1. The van der Waals surface area contributed by atoms with Crippen LogP contribution in [0.5, 0.6) is 0 Å². The Labute approximate surface area is 99.1 Å².